The van der Waals surface area contributed by atoms with Gasteiger partial charge in [0.2, 0.25) is 5.89 Å². The third-order valence-corrected chi connectivity index (χ3v) is 9.52. The fourth-order valence-corrected chi connectivity index (χ4v) is 5.65. The van der Waals surface area contributed by atoms with E-state index in [4.69, 9.17) is 4.42 Å². The third-order valence-electron chi connectivity index (χ3n) is 5.57. The van der Waals surface area contributed by atoms with Gasteiger partial charge < -0.3 is 4.42 Å². The van der Waals surface area contributed by atoms with Gasteiger partial charge >= 0.3 is 6.01 Å². The van der Waals surface area contributed by atoms with Crippen molar-refractivity contribution >= 4 is 37.5 Å². The first kappa shape index (κ1) is 26.0. The second-order valence-corrected chi connectivity index (χ2v) is 12.8. The normalized spacial score (nSPS) is 11.9. The van der Waals surface area contributed by atoms with E-state index >= 15 is 0 Å². The smallest absolute Gasteiger partial charge is 0.322 e. The fraction of sp³-hybridized carbons (Fsp3) is 0.160. The standard InChI is InChI=1S/C25H24N4O6S2/c1-17(2)36(31,32)22-11-7-8-19(16-22)24-27-28-25(35-24)26-23(30)18-12-14-21(15-13-18)37(33,34)29(3)20-9-5-4-6-10-20/h4-17H,1-3H3,(H,26,28,30). The Labute approximate surface area is 214 Å². The number of anilines is 2. The molecule has 3 aromatic carbocycles. The number of hydrogen-bond acceptors (Lipinski definition) is 8. The lowest BCUT2D eigenvalue weighted by Crippen LogP contribution is -2.26. The summed E-state index contributed by atoms with van der Waals surface area (Å²) < 4.78 is 57.4. The molecule has 4 aromatic rings. The van der Waals surface area contributed by atoms with E-state index in [1.165, 1.54) is 43.4 Å². The van der Waals surface area contributed by atoms with Gasteiger partial charge in [0.25, 0.3) is 15.9 Å². The zero-order valence-electron chi connectivity index (χ0n) is 20.2. The van der Waals surface area contributed by atoms with Crippen molar-refractivity contribution in [3.05, 3.63) is 84.4 Å². The van der Waals surface area contributed by atoms with Gasteiger partial charge in [0.05, 0.1) is 20.7 Å². The van der Waals surface area contributed by atoms with E-state index in [0.717, 1.165) is 4.31 Å². The molecule has 0 aliphatic rings. The van der Waals surface area contributed by atoms with Gasteiger partial charge in [-0.2, -0.15) is 0 Å². The van der Waals surface area contributed by atoms with Crippen molar-refractivity contribution in [2.75, 3.05) is 16.7 Å². The molecular formula is C25H24N4O6S2. The molecule has 1 heterocycles. The van der Waals surface area contributed by atoms with Crippen molar-refractivity contribution in [1.82, 2.24) is 10.2 Å². The summed E-state index contributed by atoms with van der Waals surface area (Å²) in [5.41, 5.74) is 1.06. The van der Waals surface area contributed by atoms with Crippen LogP contribution in [0.5, 0.6) is 0 Å². The molecule has 0 atom stereocenters. The molecular weight excluding hydrogens is 516 g/mol. The number of sulfonamides is 1. The summed E-state index contributed by atoms with van der Waals surface area (Å²) in [5.74, 6) is -0.562. The predicted molar refractivity (Wildman–Crippen MR) is 138 cm³/mol. The molecule has 1 aromatic heterocycles. The number of hydrogen-bond donors (Lipinski definition) is 1. The van der Waals surface area contributed by atoms with Crippen molar-refractivity contribution in [3.63, 3.8) is 0 Å². The third kappa shape index (κ3) is 5.39. The second kappa shape index (κ2) is 10.1. The summed E-state index contributed by atoms with van der Waals surface area (Å²) in [5, 5.41) is 9.55. The number of carbonyl (C=O) groups is 1. The van der Waals surface area contributed by atoms with Crippen LogP contribution >= 0.6 is 0 Å². The quantitative estimate of drug-likeness (QED) is 0.354. The molecule has 4 rings (SSSR count). The highest BCUT2D eigenvalue weighted by Crippen LogP contribution is 2.25. The number of rotatable bonds is 8. The highest BCUT2D eigenvalue weighted by Gasteiger charge is 2.23. The van der Waals surface area contributed by atoms with Crippen LogP contribution in [0.1, 0.15) is 24.2 Å². The number of amides is 1. The monoisotopic (exact) mass is 540 g/mol. The summed E-state index contributed by atoms with van der Waals surface area (Å²) in [6, 6.07) is 19.9. The summed E-state index contributed by atoms with van der Waals surface area (Å²) in [4.78, 5) is 12.8. The lowest BCUT2D eigenvalue weighted by molar-refractivity contribution is 0.102. The number of benzene rings is 3. The lowest BCUT2D eigenvalue weighted by Gasteiger charge is -2.19. The maximum atomic E-state index is 12.9. The van der Waals surface area contributed by atoms with E-state index in [-0.39, 0.29) is 27.3 Å². The maximum absolute atomic E-state index is 12.9. The number of sulfone groups is 1. The summed E-state index contributed by atoms with van der Waals surface area (Å²) in [7, 11) is -5.87. The molecule has 10 nitrogen and oxygen atoms in total. The van der Waals surface area contributed by atoms with Crippen LogP contribution in [0.25, 0.3) is 11.5 Å². The van der Waals surface area contributed by atoms with Crippen molar-refractivity contribution in [2.45, 2.75) is 28.9 Å². The van der Waals surface area contributed by atoms with Gasteiger partial charge in [-0.3, -0.25) is 14.4 Å². The van der Waals surface area contributed by atoms with E-state index in [9.17, 15) is 21.6 Å². The average Bonchev–Trinajstić information content (AvgIpc) is 3.37. The molecule has 12 heteroatoms. The Morgan fingerprint density at radius 3 is 2.19 bits per heavy atom. The molecule has 192 valence electrons. The Morgan fingerprint density at radius 2 is 1.54 bits per heavy atom. The minimum absolute atomic E-state index is 0.0201. The minimum Gasteiger partial charge on any atom is -0.403 e. The molecule has 0 radical (unpaired) electrons. The Morgan fingerprint density at radius 1 is 0.865 bits per heavy atom. The van der Waals surface area contributed by atoms with Crippen LogP contribution in [0.2, 0.25) is 0 Å². The van der Waals surface area contributed by atoms with Crippen LogP contribution in [-0.2, 0) is 19.9 Å². The fourth-order valence-electron chi connectivity index (χ4n) is 3.35. The van der Waals surface area contributed by atoms with Gasteiger partial charge in [0, 0.05) is 18.2 Å². The van der Waals surface area contributed by atoms with Crippen molar-refractivity contribution in [1.29, 1.82) is 0 Å². The molecule has 0 fully saturated rings. The van der Waals surface area contributed by atoms with Crippen molar-refractivity contribution < 1.29 is 26.0 Å². The topological polar surface area (TPSA) is 140 Å². The maximum Gasteiger partial charge on any atom is 0.322 e. The first-order chi connectivity index (χ1) is 17.5. The first-order valence-electron chi connectivity index (χ1n) is 11.1. The molecule has 37 heavy (non-hydrogen) atoms. The van der Waals surface area contributed by atoms with Crippen LogP contribution in [-0.4, -0.2) is 45.2 Å². The Balaban J connectivity index is 1.49. The molecule has 0 saturated carbocycles. The van der Waals surface area contributed by atoms with Gasteiger partial charge in [-0.15, -0.1) is 5.10 Å². The predicted octanol–water partition coefficient (Wildman–Crippen LogP) is 4.00. The van der Waals surface area contributed by atoms with Crippen LogP contribution < -0.4 is 9.62 Å². The van der Waals surface area contributed by atoms with Gasteiger partial charge in [0.15, 0.2) is 9.84 Å². The van der Waals surface area contributed by atoms with Gasteiger partial charge in [0.1, 0.15) is 0 Å². The van der Waals surface area contributed by atoms with E-state index in [2.05, 4.69) is 15.5 Å². The molecule has 0 spiro atoms. The number of para-hydroxylation sites is 1. The summed E-state index contributed by atoms with van der Waals surface area (Å²) >= 11 is 0. The molecule has 0 saturated heterocycles. The highest BCUT2D eigenvalue weighted by atomic mass is 32.2. The van der Waals surface area contributed by atoms with E-state index in [1.807, 2.05) is 0 Å². The first-order valence-corrected chi connectivity index (χ1v) is 14.1. The molecule has 0 aliphatic carbocycles. The van der Waals surface area contributed by atoms with E-state index < -0.39 is 31.0 Å². The molecule has 0 aliphatic heterocycles. The Bertz CT molecular complexity index is 1630. The molecule has 0 unspecified atom stereocenters. The van der Waals surface area contributed by atoms with Crippen LogP contribution in [0.3, 0.4) is 0 Å². The van der Waals surface area contributed by atoms with Gasteiger partial charge in [-0.05, 0) is 68.4 Å². The number of aromatic nitrogens is 2. The molecule has 0 bridgehead atoms. The average molecular weight is 541 g/mol. The Hall–Kier alpha value is -4.03. The summed E-state index contributed by atoms with van der Waals surface area (Å²) in [6.45, 7) is 3.18. The minimum atomic E-state index is -3.82. The molecule has 1 amide bonds. The van der Waals surface area contributed by atoms with Gasteiger partial charge in [-0.25, -0.2) is 16.8 Å². The van der Waals surface area contributed by atoms with Gasteiger partial charge in [-0.1, -0.05) is 29.4 Å². The SMILES string of the molecule is CC(C)S(=O)(=O)c1cccc(-c2nnc(NC(=O)c3ccc(S(=O)(=O)N(C)c4ccccc4)cc3)o2)c1. The Kier molecular flexibility index (Phi) is 7.14. The van der Waals surface area contributed by atoms with E-state index in [0.29, 0.717) is 11.3 Å². The number of carbonyl (C=O) groups excluding carboxylic acids is 1. The van der Waals surface area contributed by atoms with E-state index in [1.54, 1.807) is 56.3 Å². The molecule has 1 N–H and O–H groups in total. The van der Waals surface area contributed by atoms with Crippen molar-refractivity contribution in [3.8, 4) is 11.5 Å². The number of nitrogens with one attached hydrogen (secondary N) is 1. The van der Waals surface area contributed by atoms with Crippen LogP contribution in [0.4, 0.5) is 11.7 Å². The second-order valence-electron chi connectivity index (χ2n) is 8.32. The zero-order valence-corrected chi connectivity index (χ0v) is 21.8. The highest BCUT2D eigenvalue weighted by molar-refractivity contribution is 7.92. The zero-order chi connectivity index (χ0) is 26.8. The number of nitrogens with zero attached hydrogens (tertiary/aromatic N) is 3. The van der Waals surface area contributed by atoms with Crippen molar-refractivity contribution in [2.24, 2.45) is 0 Å². The van der Waals surface area contributed by atoms with Crippen LogP contribution in [0, 0.1) is 0 Å². The van der Waals surface area contributed by atoms with Crippen LogP contribution in [0.15, 0.2) is 93.1 Å². The largest absolute Gasteiger partial charge is 0.403 e. The lowest BCUT2D eigenvalue weighted by atomic mass is 10.2. The summed E-state index contributed by atoms with van der Waals surface area (Å²) in [6.07, 6.45) is 0.